The van der Waals surface area contributed by atoms with Crippen LogP contribution in [0.5, 0.6) is 0 Å². The Balaban J connectivity index is 0.000000318. The number of nitrogens with one attached hydrogen (secondary N) is 2. The second-order valence-electron chi connectivity index (χ2n) is 8.97. The van der Waals surface area contributed by atoms with Crippen molar-refractivity contribution in [1.82, 2.24) is 24.8 Å². The molecule has 0 aromatic carbocycles. The van der Waals surface area contributed by atoms with Crippen molar-refractivity contribution in [1.29, 1.82) is 0 Å². The summed E-state index contributed by atoms with van der Waals surface area (Å²) in [5, 5.41) is 4.50. The number of carbonyl (C=O) groups is 1. The number of hydrogen-bond donors (Lipinski definition) is 2. The van der Waals surface area contributed by atoms with E-state index in [1.165, 1.54) is 25.5 Å². The summed E-state index contributed by atoms with van der Waals surface area (Å²) >= 11 is 6.05. The molecule has 33 heavy (non-hydrogen) atoms. The number of carbonyl (C=O) groups excluding carboxylic acids is 1. The average Bonchev–Trinajstić information content (AvgIpc) is 3.49. The Bertz CT molecular complexity index is 1080. The van der Waals surface area contributed by atoms with Gasteiger partial charge in [0.25, 0.3) is 0 Å². The molecule has 176 valence electrons. The van der Waals surface area contributed by atoms with E-state index in [1.807, 2.05) is 0 Å². The minimum absolute atomic E-state index is 0.229. The fourth-order valence-corrected chi connectivity index (χ4v) is 4.72. The van der Waals surface area contributed by atoms with Gasteiger partial charge >= 0.3 is 0 Å². The Morgan fingerprint density at radius 1 is 1.24 bits per heavy atom. The highest BCUT2D eigenvalue weighted by Crippen LogP contribution is 2.28. The molecule has 4 heterocycles. The molecule has 1 atom stereocenters. The van der Waals surface area contributed by atoms with Crippen molar-refractivity contribution >= 4 is 34.7 Å². The monoisotopic (exact) mass is 472 g/mol. The Hall–Kier alpha value is -2.58. The number of nitrogens with zero attached hydrogens (tertiary/aromatic N) is 4. The van der Waals surface area contributed by atoms with Crippen molar-refractivity contribution in [3.8, 4) is 11.4 Å². The molecular weight excluding hydrogens is 443 g/mol. The van der Waals surface area contributed by atoms with Crippen LogP contribution >= 0.6 is 11.6 Å². The molecule has 1 aliphatic heterocycles. The third kappa shape index (κ3) is 6.06. The predicted octanol–water partition coefficient (Wildman–Crippen LogP) is 4.94. The maximum absolute atomic E-state index is 14.2. The molecule has 5 rings (SSSR count). The zero-order valence-electron chi connectivity index (χ0n) is 18.9. The van der Waals surface area contributed by atoms with Crippen molar-refractivity contribution in [2.45, 2.75) is 38.5 Å². The van der Waals surface area contributed by atoms with Gasteiger partial charge in [-0.15, -0.1) is 0 Å². The first kappa shape index (κ1) is 23.6. The predicted molar refractivity (Wildman–Crippen MR) is 129 cm³/mol. The van der Waals surface area contributed by atoms with E-state index in [0.29, 0.717) is 34.9 Å². The molecule has 1 aliphatic carbocycles. The normalized spacial score (nSPS) is 19.3. The maximum Gasteiger partial charge on any atom is 0.183 e. The Morgan fingerprint density at radius 3 is 2.79 bits per heavy atom. The lowest BCUT2D eigenvalue weighted by Crippen LogP contribution is -2.35. The summed E-state index contributed by atoms with van der Waals surface area (Å²) in [4.78, 5) is 28.2. The molecule has 1 unspecified atom stereocenters. The van der Waals surface area contributed by atoms with Crippen LogP contribution in [0.1, 0.15) is 38.5 Å². The van der Waals surface area contributed by atoms with Crippen LogP contribution in [0.15, 0.2) is 24.7 Å². The molecule has 1 saturated carbocycles. The van der Waals surface area contributed by atoms with Crippen LogP contribution in [0, 0.1) is 17.7 Å². The topological polar surface area (TPSA) is 86.8 Å². The minimum Gasteiger partial charge on any atom is -0.367 e. The van der Waals surface area contributed by atoms with E-state index in [1.54, 1.807) is 18.5 Å². The molecule has 9 heteroatoms. The first-order valence-corrected chi connectivity index (χ1v) is 11.9. The molecule has 0 bridgehead atoms. The summed E-state index contributed by atoms with van der Waals surface area (Å²) in [5.74, 6) is 1.12. The number of rotatable bonds is 5. The van der Waals surface area contributed by atoms with Gasteiger partial charge in [-0.1, -0.05) is 24.4 Å². The number of H-pyrrole nitrogens is 1. The van der Waals surface area contributed by atoms with Gasteiger partial charge < -0.3 is 20.0 Å². The van der Waals surface area contributed by atoms with Crippen molar-refractivity contribution in [2.75, 3.05) is 32.0 Å². The molecule has 2 fully saturated rings. The van der Waals surface area contributed by atoms with Crippen molar-refractivity contribution in [3.63, 3.8) is 0 Å². The number of aromatic nitrogens is 4. The van der Waals surface area contributed by atoms with Crippen LogP contribution < -0.4 is 5.32 Å². The highest BCUT2D eigenvalue weighted by atomic mass is 35.5. The van der Waals surface area contributed by atoms with E-state index in [2.05, 4.69) is 37.2 Å². The summed E-state index contributed by atoms with van der Waals surface area (Å²) in [6, 6.07) is 1.80. The number of hydrogen-bond acceptors (Lipinski definition) is 6. The molecule has 7 nitrogen and oxygen atoms in total. The molecule has 2 aliphatic rings. The van der Waals surface area contributed by atoms with Gasteiger partial charge in [0.2, 0.25) is 0 Å². The first-order valence-electron chi connectivity index (χ1n) is 11.6. The number of pyridine rings is 1. The van der Waals surface area contributed by atoms with Gasteiger partial charge in [0.1, 0.15) is 11.9 Å². The smallest absolute Gasteiger partial charge is 0.183 e. The summed E-state index contributed by atoms with van der Waals surface area (Å²) in [6.07, 6.45) is 12.8. The van der Waals surface area contributed by atoms with Gasteiger partial charge in [0.15, 0.2) is 17.5 Å². The van der Waals surface area contributed by atoms with E-state index in [4.69, 9.17) is 11.6 Å². The number of halogens is 2. The number of fused-ring (bicyclic) bond motifs is 1. The van der Waals surface area contributed by atoms with Crippen molar-refractivity contribution in [3.05, 3.63) is 35.5 Å². The number of piperidine rings is 1. The molecule has 1 saturated heterocycles. The van der Waals surface area contributed by atoms with Gasteiger partial charge in [-0.05, 0) is 51.3 Å². The Labute approximate surface area is 198 Å². The minimum atomic E-state index is -0.450. The Morgan fingerprint density at radius 2 is 2.06 bits per heavy atom. The molecule has 3 aromatic rings. The van der Waals surface area contributed by atoms with Crippen LogP contribution in [0.25, 0.3) is 22.4 Å². The van der Waals surface area contributed by atoms with Crippen LogP contribution in [0.2, 0.25) is 5.02 Å². The summed E-state index contributed by atoms with van der Waals surface area (Å²) in [5.41, 5.74) is 1.44. The van der Waals surface area contributed by atoms with E-state index in [-0.39, 0.29) is 5.82 Å². The zero-order valence-corrected chi connectivity index (χ0v) is 19.6. The quantitative estimate of drug-likeness (QED) is 0.511. The number of aromatic amines is 1. The van der Waals surface area contributed by atoms with Gasteiger partial charge in [-0.3, -0.25) is 0 Å². The first-order chi connectivity index (χ1) is 16.0. The maximum atomic E-state index is 14.2. The largest absolute Gasteiger partial charge is 0.367 e. The molecule has 0 radical (unpaired) electrons. The molecule has 0 amide bonds. The third-order valence-electron chi connectivity index (χ3n) is 6.36. The second-order valence-corrected chi connectivity index (χ2v) is 9.41. The van der Waals surface area contributed by atoms with Gasteiger partial charge in [-0.25, -0.2) is 19.3 Å². The van der Waals surface area contributed by atoms with Crippen LogP contribution in [-0.4, -0.2) is 57.8 Å². The van der Waals surface area contributed by atoms with Crippen LogP contribution in [0.4, 0.5) is 10.2 Å². The molecule has 0 spiro atoms. The number of aldehydes is 1. The highest BCUT2D eigenvalue weighted by molar-refractivity contribution is 6.31. The van der Waals surface area contributed by atoms with E-state index in [0.717, 1.165) is 49.6 Å². The van der Waals surface area contributed by atoms with Crippen LogP contribution in [-0.2, 0) is 4.79 Å². The summed E-state index contributed by atoms with van der Waals surface area (Å²) in [7, 11) is 2.12. The third-order valence-corrected chi connectivity index (χ3v) is 6.56. The van der Waals surface area contributed by atoms with E-state index >= 15 is 0 Å². The van der Waals surface area contributed by atoms with E-state index in [9.17, 15) is 9.18 Å². The number of anilines is 1. The fraction of sp³-hybridized carbons (Fsp3) is 0.500. The summed E-state index contributed by atoms with van der Waals surface area (Å²) < 4.78 is 14.2. The SMILES string of the molecule is CN1CCCC(CNc2nc(-c3c[nH]c4ncc(Cl)cc34)ncc2F)C1.O=CC1CCCC1. The molecule has 2 N–H and O–H groups in total. The lowest BCUT2D eigenvalue weighted by molar-refractivity contribution is -0.110. The Kier molecular flexibility index (Phi) is 7.88. The number of likely N-dealkylation sites (tertiary alicyclic amines) is 1. The van der Waals surface area contributed by atoms with Gasteiger partial charge in [0.05, 0.1) is 11.2 Å². The van der Waals surface area contributed by atoms with Crippen LogP contribution in [0.3, 0.4) is 0 Å². The van der Waals surface area contributed by atoms with Gasteiger partial charge in [-0.2, -0.15) is 0 Å². The second kappa shape index (κ2) is 11.0. The average molecular weight is 473 g/mol. The lowest BCUT2D eigenvalue weighted by Gasteiger charge is -2.29. The molecule has 3 aromatic heterocycles. The summed E-state index contributed by atoms with van der Waals surface area (Å²) in [6.45, 7) is 2.83. The highest BCUT2D eigenvalue weighted by Gasteiger charge is 2.19. The standard InChI is InChI=1S/C18H20ClFN6.C6H10O/c1-26-4-2-3-11(10-26)6-21-18-15(20)9-24-17(25-18)14-8-23-16-13(14)5-12(19)7-22-16;7-5-6-3-1-2-4-6/h5,7-9,11H,2-4,6,10H2,1H3,(H,22,23)(H,21,24,25);5-6H,1-4H2. The van der Waals surface area contributed by atoms with Crippen molar-refractivity contribution in [2.24, 2.45) is 11.8 Å². The van der Waals surface area contributed by atoms with Crippen molar-refractivity contribution < 1.29 is 9.18 Å². The fourth-order valence-electron chi connectivity index (χ4n) is 4.56. The lowest BCUT2D eigenvalue weighted by atomic mass is 9.98. The molecular formula is C24H30ClFN6O. The van der Waals surface area contributed by atoms with Gasteiger partial charge in [0, 0.05) is 42.4 Å². The zero-order chi connectivity index (χ0) is 23.2. The van der Waals surface area contributed by atoms with E-state index < -0.39 is 5.82 Å².